The van der Waals surface area contributed by atoms with E-state index in [1.807, 2.05) is 13.0 Å². The molecule has 0 unspecified atom stereocenters. The van der Waals surface area contributed by atoms with E-state index in [2.05, 4.69) is 10.3 Å². The highest BCUT2D eigenvalue weighted by atomic mass is 35.5. The van der Waals surface area contributed by atoms with Crippen LogP contribution in [0.15, 0.2) is 34.8 Å². The number of nitrogens with zero attached hydrogens (tertiary/aromatic N) is 3. The molecule has 0 radical (unpaired) electrons. The number of imidazole rings is 1. The highest BCUT2D eigenvalue weighted by Gasteiger charge is 2.24. The second-order valence-corrected chi connectivity index (χ2v) is 6.84. The molecule has 0 saturated carbocycles. The van der Waals surface area contributed by atoms with Gasteiger partial charge in [-0.1, -0.05) is 11.6 Å². The van der Waals surface area contributed by atoms with Crippen molar-refractivity contribution in [2.75, 3.05) is 0 Å². The molecule has 1 heterocycles. The van der Waals surface area contributed by atoms with Gasteiger partial charge >= 0.3 is 0 Å². The molecule has 9 heteroatoms. The molecule has 6 nitrogen and oxygen atoms in total. The van der Waals surface area contributed by atoms with Crippen LogP contribution in [0.25, 0.3) is 11.3 Å². The number of amides is 1. The lowest BCUT2D eigenvalue weighted by atomic mass is 10.0. The number of nitriles is 1. The second kappa shape index (κ2) is 8.05. The highest BCUT2D eigenvalue weighted by molar-refractivity contribution is 6.30. The van der Waals surface area contributed by atoms with Crippen molar-refractivity contribution in [2.24, 2.45) is 0 Å². The van der Waals surface area contributed by atoms with E-state index in [0.29, 0.717) is 25.2 Å². The lowest BCUT2D eigenvalue weighted by molar-refractivity contribution is 0.0961. The Morgan fingerprint density at radius 3 is 2.79 bits per heavy atom. The molecule has 150 valence electrons. The van der Waals surface area contributed by atoms with Gasteiger partial charge in [0, 0.05) is 17.1 Å². The van der Waals surface area contributed by atoms with Gasteiger partial charge in [-0.15, -0.1) is 0 Å². The van der Waals surface area contributed by atoms with Gasteiger partial charge in [0.1, 0.15) is 40.7 Å². The van der Waals surface area contributed by atoms with Crippen molar-refractivity contribution in [2.45, 2.75) is 33.2 Å². The standard InChI is InChI=1S/C20H17ClF2N4O2/c1-3-27-10(2)25-18(16(27)9-24)11-8-17(28)12(7-15(11)23)20(29)26-19-13(21)5-4-6-14(19)22/h6-8,28H,3-5H2,1-2H3,(H,26,29). The van der Waals surface area contributed by atoms with Crippen LogP contribution >= 0.6 is 11.6 Å². The number of phenols is 1. The fraction of sp³-hybridized carbons (Fsp3) is 0.250. The number of carbonyl (C=O) groups excluding carboxylic acids is 1. The first-order chi connectivity index (χ1) is 13.8. The first-order valence-corrected chi connectivity index (χ1v) is 9.22. The molecule has 0 spiro atoms. The Morgan fingerprint density at radius 2 is 2.17 bits per heavy atom. The number of halogens is 3. The molecule has 0 bridgehead atoms. The monoisotopic (exact) mass is 418 g/mol. The summed E-state index contributed by atoms with van der Waals surface area (Å²) >= 11 is 5.96. The number of hydrogen-bond acceptors (Lipinski definition) is 4. The van der Waals surface area contributed by atoms with Gasteiger partial charge in [-0.25, -0.2) is 13.8 Å². The number of phenolic OH excluding ortho intramolecular Hbond substituents is 1. The predicted octanol–water partition coefficient (Wildman–Crippen LogP) is 4.42. The third-order valence-corrected chi connectivity index (χ3v) is 4.98. The highest BCUT2D eigenvalue weighted by Crippen LogP contribution is 2.33. The number of aromatic nitrogens is 2. The molecule has 1 amide bonds. The summed E-state index contributed by atoms with van der Waals surface area (Å²) in [7, 11) is 0. The van der Waals surface area contributed by atoms with Crippen LogP contribution in [-0.4, -0.2) is 20.6 Å². The lowest BCUT2D eigenvalue weighted by Gasteiger charge is -2.15. The SMILES string of the molecule is CCn1c(C)nc(-c2cc(O)c(C(=O)NC3=C(Cl)CCC=C3F)cc2F)c1C#N. The molecule has 0 fully saturated rings. The fourth-order valence-corrected chi connectivity index (χ4v) is 3.42. The average Bonchev–Trinajstić information content (AvgIpc) is 3.01. The Morgan fingerprint density at radius 1 is 1.45 bits per heavy atom. The van der Waals surface area contributed by atoms with Gasteiger partial charge in [0.2, 0.25) is 0 Å². The number of benzene rings is 1. The van der Waals surface area contributed by atoms with E-state index in [4.69, 9.17) is 11.6 Å². The number of nitrogens with one attached hydrogen (secondary N) is 1. The van der Waals surface area contributed by atoms with Crippen LogP contribution in [0.3, 0.4) is 0 Å². The minimum atomic E-state index is -0.915. The Labute approximate surface area is 170 Å². The quantitative estimate of drug-likeness (QED) is 0.768. The maximum absolute atomic E-state index is 14.8. The summed E-state index contributed by atoms with van der Waals surface area (Å²) < 4.78 is 30.3. The first kappa shape index (κ1) is 20.6. The van der Waals surface area contributed by atoms with Crippen molar-refractivity contribution < 1.29 is 18.7 Å². The van der Waals surface area contributed by atoms with Gasteiger partial charge < -0.3 is 15.0 Å². The number of carbonyl (C=O) groups is 1. The van der Waals surface area contributed by atoms with E-state index in [-0.39, 0.29) is 27.7 Å². The minimum absolute atomic E-state index is 0.0682. The molecule has 3 rings (SSSR count). The van der Waals surface area contributed by atoms with Crippen LogP contribution in [-0.2, 0) is 6.54 Å². The van der Waals surface area contributed by atoms with E-state index in [0.717, 1.165) is 12.1 Å². The van der Waals surface area contributed by atoms with Crippen molar-refractivity contribution in [3.8, 4) is 23.1 Å². The van der Waals surface area contributed by atoms with Gasteiger partial charge in [-0.2, -0.15) is 5.26 Å². The second-order valence-electron chi connectivity index (χ2n) is 6.39. The van der Waals surface area contributed by atoms with Crippen molar-refractivity contribution in [1.82, 2.24) is 14.9 Å². The molecule has 2 aromatic rings. The molecule has 2 N–H and O–H groups in total. The Hall–Kier alpha value is -3.18. The van der Waals surface area contributed by atoms with E-state index in [9.17, 15) is 23.9 Å². The topological polar surface area (TPSA) is 90.9 Å². The third-order valence-electron chi connectivity index (χ3n) is 4.60. The van der Waals surface area contributed by atoms with E-state index in [1.54, 1.807) is 11.5 Å². The summed E-state index contributed by atoms with van der Waals surface area (Å²) in [6, 6.07) is 3.83. The van der Waals surface area contributed by atoms with Crippen molar-refractivity contribution in [3.63, 3.8) is 0 Å². The first-order valence-electron chi connectivity index (χ1n) is 8.84. The van der Waals surface area contributed by atoms with Gasteiger partial charge in [0.25, 0.3) is 5.91 Å². The zero-order valence-corrected chi connectivity index (χ0v) is 16.4. The number of hydrogen-bond donors (Lipinski definition) is 2. The largest absolute Gasteiger partial charge is 0.507 e. The van der Waals surface area contributed by atoms with Crippen molar-refractivity contribution >= 4 is 17.5 Å². The molecule has 1 aromatic carbocycles. The van der Waals surface area contributed by atoms with Gasteiger partial charge in [0.05, 0.1) is 11.3 Å². The zero-order valence-electron chi connectivity index (χ0n) is 15.7. The maximum Gasteiger partial charge on any atom is 0.259 e. The van der Waals surface area contributed by atoms with Crippen LogP contribution in [0, 0.1) is 24.1 Å². The lowest BCUT2D eigenvalue weighted by Crippen LogP contribution is -2.25. The Kier molecular flexibility index (Phi) is 5.71. The fourth-order valence-electron chi connectivity index (χ4n) is 3.17. The molecule has 1 aliphatic rings. The number of allylic oxidation sites excluding steroid dienone is 3. The summed E-state index contributed by atoms with van der Waals surface area (Å²) in [6.45, 7) is 3.96. The van der Waals surface area contributed by atoms with Crippen molar-refractivity contribution in [1.29, 1.82) is 5.26 Å². The van der Waals surface area contributed by atoms with E-state index in [1.165, 1.54) is 6.08 Å². The third kappa shape index (κ3) is 3.74. The molecular formula is C20H17ClF2N4O2. The Balaban J connectivity index is 2.00. The minimum Gasteiger partial charge on any atom is -0.507 e. The van der Waals surface area contributed by atoms with E-state index >= 15 is 0 Å². The summed E-state index contributed by atoms with van der Waals surface area (Å²) in [5.74, 6) is -2.48. The van der Waals surface area contributed by atoms with Crippen molar-refractivity contribution in [3.05, 3.63) is 57.7 Å². The molecule has 1 aliphatic carbocycles. The molecule has 0 atom stereocenters. The zero-order chi connectivity index (χ0) is 21.3. The normalized spacial score (nSPS) is 13.9. The number of rotatable bonds is 4. The summed E-state index contributed by atoms with van der Waals surface area (Å²) in [6.07, 6.45) is 2.05. The summed E-state index contributed by atoms with van der Waals surface area (Å²) in [5.41, 5.74) is -0.500. The van der Waals surface area contributed by atoms with Gasteiger partial charge in [0.15, 0.2) is 0 Å². The van der Waals surface area contributed by atoms with Gasteiger partial charge in [-0.3, -0.25) is 4.79 Å². The molecule has 1 aromatic heterocycles. The Bertz CT molecular complexity index is 1110. The van der Waals surface area contributed by atoms with Crippen LogP contribution in [0.1, 0.15) is 41.6 Å². The summed E-state index contributed by atoms with van der Waals surface area (Å²) in [4.78, 5) is 16.7. The number of aryl methyl sites for hydroxylation is 1. The number of aromatic hydroxyl groups is 1. The molecule has 0 aliphatic heterocycles. The van der Waals surface area contributed by atoms with E-state index < -0.39 is 28.9 Å². The smallest absolute Gasteiger partial charge is 0.259 e. The van der Waals surface area contributed by atoms with Crippen LogP contribution < -0.4 is 5.32 Å². The molecule has 0 saturated heterocycles. The predicted molar refractivity (Wildman–Crippen MR) is 103 cm³/mol. The summed E-state index contributed by atoms with van der Waals surface area (Å²) in [5, 5.41) is 22.1. The maximum atomic E-state index is 14.8. The molecular weight excluding hydrogens is 402 g/mol. The van der Waals surface area contributed by atoms with Crippen LogP contribution in [0.5, 0.6) is 5.75 Å². The molecule has 29 heavy (non-hydrogen) atoms. The average molecular weight is 419 g/mol. The van der Waals surface area contributed by atoms with Crippen LogP contribution in [0.4, 0.5) is 8.78 Å². The van der Waals surface area contributed by atoms with Gasteiger partial charge in [-0.05, 0) is 44.9 Å². The van der Waals surface area contributed by atoms with Crippen LogP contribution in [0.2, 0.25) is 0 Å².